The third kappa shape index (κ3) is 6.36. The van der Waals surface area contributed by atoms with Crippen LogP contribution in [0.25, 0.3) is 0 Å². The van der Waals surface area contributed by atoms with Crippen molar-refractivity contribution in [2.45, 2.75) is 84.4 Å². The molecule has 0 atom stereocenters. The molecule has 0 aliphatic heterocycles. The van der Waals surface area contributed by atoms with Gasteiger partial charge >= 0.3 is 6.09 Å². The van der Waals surface area contributed by atoms with E-state index in [1.165, 1.54) is 0 Å². The number of ether oxygens (including phenoxy) is 1. The van der Waals surface area contributed by atoms with Crippen molar-refractivity contribution in [1.29, 1.82) is 0 Å². The van der Waals surface area contributed by atoms with Crippen molar-refractivity contribution in [3.63, 3.8) is 0 Å². The molecule has 122 valence electrons. The van der Waals surface area contributed by atoms with Gasteiger partial charge in [0.1, 0.15) is 11.1 Å². The second-order valence-electron chi connectivity index (χ2n) is 7.68. The molecule has 1 saturated carbocycles. The number of carbonyl (C=O) groups is 2. The van der Waals surface area contributed by atoms with Crippen LogP contribution in [0.3, 0.4) is 0 Å². The van der Waals surface area contributed by atoms with Gasteiger partial charge in [-0.1, -0.05) is 6.92 Å². The summed E-state index contributed by atoms with van der Waals surface area (Å²) in [6, 6.07) is 0.216. The van der Waals surface area contributed by atoms with Crippen molar-refractivity contribution >= 4 is 12.0 Å². The summed E-state index contributed by atoms with van der Waals surface area (Å²) in [6.07, 6.45) is 3.74. The average Bonchev–Trinajstić information content (AvgIpc) is 2.28. The van der Waals surface area contributed by atoms with Crippen LogP contribution in [0.1, 0.15) is 67.2 Å². The Balaban J connectivity index is 2.49. The van der Waals surface area contributed by atoms with E-state index in [0.29, 0.717) is 0 Å². The maximum Gasteiger partial charge on any atom is 0.408 e. The Labute approximate surface area is 128 Å². The minimum Gasteiger partial charge on any atom is -0.444 e. The van der Waals surface area contributed by atoms with Crippen LogP contribution in [0.2, 0.25) is 0 Å². The Morgan fingerprint density at radius 3 is 2.00 bits per heavy atom. The van der Waals surface area contributed by atoms with E-state index in [9.17, 15) is 9.59 Å². The summed E-state index contributed by atoms with van der Waals surface area (Å²) < 4.78 is 5.20. The first-order chi connectivity index (χ1) is 9.49. The first kappa shape index (κ1) is 17.8. The fraction of sp³-hybridized carbons (Fsp3) is 0.875. The highest BCUT2D eigenvalue weighted by Crippen LogP contribution is 2.23. The Kier molecular flexibility index (Phi) is 5.65. The molecule has 0 aromatic carbocycles. The lowest BCUT2D eigenvalue weighted by Crippen LogP contribution is -2.57. The molecule has 0 heterocycles. The monoisotopic (exact) mass is 298 g/mol. The topological polar surface area (TPSA) is 67.4 Å². The van der Waals surface area contributed by atoms with Crippen LogP contribution in [0.15, 0.2) is 0 Å². The molecule has 1 aliphatic carbocycles. The zero-order chi connectivity index (χ0) is 16.3. The van der Waals surface area contributed by atoms with Crippen molar-refractivity contribution in [3.05, 3.63) is 0 Å². The largest absolute Gasteiger partial charge is 0.444 e. The molecule has 0 radical (unpaired) electrons. The molecule has 0 bridgehead atoms. The molecule has 1 fully saturated rings. The van der Waals surface area contributed by atoms with E-state index in [1.54, 1.807) is 34.6 Å². The van der Waals surface area contributed by atoms with E-state index in [1.807, 2.05) is 0 Å². The lowest BCUT2D eigenvalue weighted by Gasteiger charge is -2.32. The van der Waals surface area contributed by atoms with Crippen LogP contribution in [0.4, 0.5) is 4.79 Å². The highest BCUT2D eigenvalue weighted by molar-refractivity contribution is 5.89. The first-order valence-corrected chi connectivity index (χ1v) is 7.82. The van der Waals surface area contributed by atoms with E-state index < -0.39 is 17.2 Å². The molecular formula is C16H30N2O3. The lowest BCUT2D eigenvalue weighted by atomic mass is 9.87. The minimum atomic E-state index is -0.981. The summed E-state index contributed by atoms with van der Waals surface area (Å²) in [7, 11) is 0. The predicted molar refractivity (Wildman–Crippen MR) is 83.0 cm³/mol. The van der Waals surface area contributed by atoms with Gasteiger partial charge < -0.3 is 15.4 Å². The Hall–Kier alpha value is -1.26. The number of rotatable bonds is 3. The summed E-state index contributed by atoms with van der Waals surface area (Å²) in [5.74, 6) is 0.582. The normalized spacial score (nSPS) is 23.3. The number of carbonyl (C=O) groups excluding carboxylic acids is 2. The molecule has 2 amide bonds. The van der Waals surface area contributed by atoms with Crippen LogP contribution >= 0.6 is 0 Å². The number of amides is 2. The first-order valence-electron chi connectivity index (χ1n) is 7.82. The molecule has 0 aromatic heterocycles. The van der Waals surface area contributed by atoms with E-state index in [0.717, 1.165) is 31.6 Å². The van der Waals surface area contributed by atoms with Crippen molar-refractivity contribution < 1.29 is 14.3 Å². The van der Waals surface area contributed by atoms with E-state index in [4.69, 9.17) is 4.74 Å². The van der Waals surface area contributed by atoms with Crippen molar-refractivity contribution in [3.8, 4) is 0 Å². The number of hydrogen-bond acceptors (Lipinski definition) is 3. The highest BCUT2D eigenvalue weighted by Gasteiger charge is 2.33. The lowest BCUT2D eigenvalue weighted by molar-refractivity contribution is -0.127. The molecule has 5 nitrogen and oxygen atoms in total. The van der Waals surface area contributed by atoms with Gasteiger partial charge in [0.05, 0.1) is 0 Å². The zero-order valence-corrected chi connectivity index (χ0v) is 14.2. The van der Waals surface area contributed by atoms with Gasteiger partial charge in [0.25, 0.3) is 0 Å². The van der Waals surface area contributed by atoms with Gasteiger partial charge in [-0.15, -0.1) is 0 Å². The van der Waals surface area contributed by atoms with Crippen molar-refractivity contribution in [2.24, 2.45) is 5.92 Å². The highest BCUT2D eigenvalue weighted by atomic mass is 16.6. The maximum atomic E-state index is 12.3. The zero-order valence-electron chi connectivity index (χ0n) is 14.2. The molecule has 1 rings (SSSR count). The summed E-state index contributed by atoms with van der Waals surface area (Å²) in [6.45, 7) is 11.0. The van der Waals surface area contributed by atoms with E-state index in [2.05, 4.69) is 17.6 Å². The SMILES string of the molecule is CC1CCC(NC(=O)C(C)(C)NC(=O)OC(C)(C)C)CC1. The maximum absolute atomic E-state index is 12.3. The fourth-order valence-electron chi connectivity index (χ4n) is 2.39. The summed E-state index contributed by atoms with van der Waals surface area (Å²) in [5, 5.41) is 5.68. The Bertz CT molecular complexity index is 377. The minimum absolute atomic E-state index is 0.159. The summed E-state index contributed by atoms with van der Waals surface area (Å²) in [5.41, 5.74) is -1.55. The third-order valence-corrected chi connectivity index (χ3v) is 3.73. The van der Waals surface area contributed by atoms with Crippen LogP contribution < -0.4 is 10.6 Å². The number of alkyl carbamates (subject to hydrolysis) is 1. The van der Waals surface area contributed by atoms with Gasteiger partial charge in [-0.2, -0.15) is 0 Å². The standard InChI is InChI=1S/C16H30N2O3/c1-11-7-9-12(10-8-11)17-13(19)16(5,6)18-14(20)21-15(2,3)4/h11-12H,7-10H2,1-6H3,(H,17,19)(H,18,20). The van der Waals surface area contributed by atoms with Crippen molar-refractivity contribution in [2.75, 3.05) is 0 Å². The molecule has 5 heteroatoms. The molecule has 0 unspecified atom stereocenters. The number of nitrogens with one attached hydrogen (secondary N) is 2. The van der Waals surface area contributed by atoms with Crippen LogP contribution in [-0.4, -0.2) is 29.2 Å². The molecule has 0 aromatic rings. The van der Waals surface area contributed by atoms with Crippen LogP contribution in [-0.2, 0) is 9.53 Å². The predicted octanol–water partition coefficient (Wildman–Crippen LogP) is 2.98. The van der Waals surface area contributed by atoms with Gasteiger partial charge in [0, 0.05) is 6.04 Å². The second kappa shape index (κ2) is 6.67. The van der Waals surface area contributed by atoms with Gasteiger partial charge in [0.2, 0.25) is 5.91 Å². The fourth-order valence-corrected chi connectivity index (χ4v) is 2.39. The number of hydrogen-bond donors (Lipinski definition) is 2. The molecule has 0 spiro atoms. The van der Waals surface area contributed by atoms with Crippen LogP contribution in [0, 0.1) is 5.92 Å². The van der Waals surface area contributed by atoms with E-state index in [-0.39, 0.29) is 11.9 Å². The molecule has 1 aliphatic rings. The second-order valence-corrected chi connectivity index (χ2v) is 7.68. The van der Waals surface area contributed by atoms with Gasteiger partial charge in [-0.05, 0) is 66.2 Å². The molecule has 2 N–H and O–H groups in total. The van der Waals surface area contributed by atoms with Gasteiger partial charge in [-0.3, -0.25) is 4.79 Å². The summed E-state index contributed by atoms with van der Waals surface area (Å²) in [4.78, 5) is 24.1. The average molecular weight is 298 g/mol. The van der Waals surface area contributed by atoms with Gasteiger partial charge in [0.15, 0.2) is 0 Å². The quantitative estimate of drug-likeness (QED) is 0.841. The van der Waals surface area contributed by atoms with E-state index >= 15 is 0 Å². The Morgan fingerprint density at radius 1 is 1.00 bits per heavy atom. The molecular weight excluding hydrogens is 268 g/mol. The molecule has 21 heavy (non-hydrogen) atoms. The third-order valence-electron chi connectivity index (χ3n) is 3.73. The van der Waals surface area contributed by atoms with Crippen molar-refractivity contribution in [1.82, 2.24) is 10.6 Å². The van der Waals surface area contributed by atoms with Crippen LogP contribution in [0.5, 0.6) is 0 Å². The molecule has 0 saturated heterocycles. The van der Waals surface area contributed by atoms with Gasteiger partial charge in [-0.25, -0.2) is 4.79 Å². The Morgan fingerprint density at radius 2 is 1.52 bits per heavy atom. The smallest absolute Gasteiger partial charge is 0.408 e. The summed E-state index contributed by atoms with van der Waals surface area (Å²) >= 11 is 0.